The molecular formula is C12H13F2N. The van der Waals surface area contributed by atoms with E-state index in [0.29, 0.717) is 6.54 Å². The van der Waals surface area contributed by atoms with Gasteiger partial charge in [-0.3, -0.25) is 0 Å². The van der Waals surface area contributed by atoms with Crippen molar-refractivity contribution in [3.05, 3.63) is 35.4 Å². The van der Waals surface area contributed by atoms with Gasteiger partial charge in [-0.05, 0) is 24.6 Å². The van der Waals surface area contributed by atoms with Crippen LogP contribution in [0.15, 0.2) is 18.2 Å². The number of halogens is 2. The molecule has 1 N–H and O–H groups in total. The van der Waals surface area contributed by atoms with Gasteiger partial charge in [0, 0.05) is 19.5 Å². The van der Waals surface area contributed by atoms with Gasteiger partial charge in [-0.2, -0.15) is 0 Å². The molecule has 0 bridgehead atoms. The topological polar surface area (TPSA) is 12.0 Å². The van der Waals surface area contributed by atoms with E-state index in [0.717, 1.165) is 24.6 Å². The molecule has 0 aliphatic heterocycles. The van der Waals surface area contributed by atoms with Gasteiger partial charge in [-0.15, -0.1) is 11.8 Å². The van der Waals surface area contributed by atoms with Crippen LogP contribution in [0.3, 0.4) is 0 Å². The summed E-state index contributed by atoms with van der Waals surface area (Å²) in [5, 5.41) is 3.09. The van der Waals surface area contributed by atoms with E-state index in [4.69, 9.17) is 0 Å². The van der Waals surface area contributed by atoms with Crippen LogP contribution in [0.5, 0.6) is 0 Å². The first-order chi connectivity index (χ1) is 7.24. The average Bonchev–Trinajstić information content (AvgIpc) is 2.23. The first kappa shape index (κ1) is 11.7. The Labute approximate surface area is 88.5 Å². The minimum atomic E-state index is -0.810. The minimum Gasteiger partial charge on any atom is -0.312 e. The van der Waals surface area contributed by atoms with Crippen LogP contribution in [0.25, 0.3) is 0 Å². The molecule has 0 amide bonds. The predicted octanol–water partition coefficient (Wildman–Crippen LogP) is 2.47. The van der Waals surface area contributed by atoms with Crippen LogP contribution in [0, 0.1) is 23.5 Å². The molecule has 0 spiro atoms. The molecular weight excluding hydrogens is 196 g/mol. The molecule has 3 heteroatoms. The lowest BCUT2D eigenvalue weighted by Gasteiger charge is -2.03. The Morgan fingerprint density at radius 1 is 1.27 bits per heavy atom. The van der Waals surface area contributed by atoms with E-state index in [1.165, 1.54) is 6.07 Å². The standard InChI is InChI=1S/C12H13F2N/c1-2-3-4-7-15-9-10-5-6-11(13)12(14)8-10/h5-6,8,15H,4,7,9H2,1H3. The van der Waals surface area contributed by atoms with E-state index in [1.54, 1.807) is 13.0 Å². The summed E-state index contributed by atoms with van der Waals surface area (Å²) in [7, 11) is 0. The third kappa shape index (κ3) is 4.09. The fourth-order valence-corrected chi connectivity index (χ4v) is 1.16. The van der Waals surface area contributed by atoms with Crippen LogP contribution < -0.4 is 5.32 Å². The highest BCUT2D eigenvalue weighted by molar-refractivity contribution is 5.17. The second kappa shape index (κ2) is 6.15. The summed E-state index contributed by atoms with van der Waals surface area (Å²) in [5.41, 5.74) is 0.735. The van der Waals surface area contributed by atoms with Crippen LogP contribution in [0.2, 0.25) is 0 Å². The van der Waals surface area contributed by atoms with Crippen LogP contribution in [0.1, 0.15) is 18.9 Å². The van der Waals surface area contributed by atoms with Gasteiger partial charge in [0.1, 0.15) is 0 Å². The van der Waals surface area contributed by atoms with E-state index in [1.807, 2.05) is 0 Å². The molecule has 0 unspecified atom stereocenters. The molecule has 0 aliphatic carbocycles. The number of rotatable bonds is 4. The van der Waals surface area contributed by atoms with E-state index in [9.17, 15) is 8.78 Å². The van der Waals surface area contributed by atoms with Gasteiger partial charge in [-0.25, -0.2) is 8.78 Å². The van der Waals surface area contributed by atoms with E-state index in [2.05, 4.69) is 17.2 Å². The fraction of sp³-hybridized carbons (Fsp3) is 0.333. The van der Waals surface area contributed by atoms with Gasteiger partial charge < -0.3 is 5.32 Å². The third-order valence-corrected chi connectivity index (χ3v) is 1.92. The Hall–Kier alpha value is -1.40. The van der Waals surface area contributed by atoms with Crippen molar-refractivity contribution in [1.82, 2.24) is 5.32 Å². The van der Waals surface area contributed by atoms with Crippen LogP contribution in [-0.2, 0) is 6.54 Å². The summed E-state index contributed by atoms with van der Waals surface area (Å²) in [6.45, 7) is 3.07. The molecule has 80 valence electrons. The summed E-state index contributed by atoms with van der Waals surface area (Å²) in [6.07, 6.45) is 0.764. The zero-order chi connectivity index (χ0) is 11.1. The SMILES string of the molecule is CC#CCCNCc1ccc(F)c(F)c1. The molecule has 1 nitrogen and oxygen atoms in total. The second-order valence-corrected chi connectivity index (χ2v) is 3.10. The van der Waals surface area contributed by atoms with Crippen molar-refractivity contribution in [3.63, 3.8) is 0 Å². The zero-order valence-electron chi connectivity index (χ0n) is 8.61. The van der Waals surface area contributed by atoms with Gasteiger partial charge >= 0.3 is 0 Å². The number of nitrogens with one attached hydrogen (secondary N) is 1. The fourth-order valence-electron chi connectivity index (χ4n) is 1.16. The Morgan fingerprint density at radius 3 is 2.73 bits per heavy atom. The van der Waals surface area contributed by atoms with Gasteiger partial charge in [0.25, 0.3) is 0 Å². The second-order valence-electron chi connectivity index (χ2n) is 3.10. The van der Waals surface area contributed by atoms with E-state index >= 15 is 0 Å². The van der Waals surface area contributed by atoms with Gasteiger partial charge in [-0.1, -0.05) is 6.07 Å². The third-order valence-electron chi connectivity index (χ3n) is 1.92. The lowest BCUT2D eigenvalue weighted by Crippen LogP contribution is -2.14. The maximum absolute atomic E-state index is 12.8. The summed E-state index contributed by atoms with van der Waals surface area (Å²) < 4.78 is 25.4. The Kier molecular flexibility index (Phi) is 4.79. The van der Waals surface area contributed by atoms with Crippen molar-refractivity contribution in [2.75, 3.05) is 6.54 Å². The predicted molar refractivity (Wildman–Crippen MR) is 56.1 cm³/mol. The molecule has 1 aromatic carbocycles. The lowest BCUT2D eigenvalue weighted by molar-refractivity contribution is 0.506. The minimum absolute atomic E-state index is 0.530. The number of benzene rings is 1. The Balaban J connectivity index is 2.36. The largest absolute Gasteiger partial charge is 0.312 e. The summed E-state index contributed by atoms with van der Waals surface area (Å²) >= 11 is 0. The average molecular weight is 209 g/mol. The van der Waals surface area contributed by atoms with Gasteiger partial charge in [0.15, 0.2) is 11.6 Å². The molecule has 0 aliphatic rings. The molecule has 1 aromatic rings. The molecule has 0 radical (unpaired) electrons. The van der Waals surface area contributed by atoms with Crippen LogP contribution in [-0.4, -0.2) is 6.54 Å². The first-order valence-electron chi connectivity index (χ1n) is 4.78. The van der Waals surface area contributed by atoms with Crippen molar-refractivity contribution in [2.24, 2.45) is 0 Å². The van der Waals surface area contributed by atoms with Gasteiger partial charge in [0.2, 0.25) is 0 Å². The summed E-state index contributed by atoms with van der Waals surface area (Å²) in [4.78, 5) is 0. The normalized spacial score (nSPS) is 9.53. The molecule has 0 atom stereocenters. The van der Waals surface area contributed by atoms with Crippen LogP contribution >= 0.6 is 0 Å². The maximum atomic E-state index is 12.8. The van der Waals surface area contributed by atoms with Crippen molar-refractivity contribution in [3.8, 4) is 11.8 Å². The number of hydrogen-bond acceptors (Lipinski definition) is 1. The van der Waals surface area contributed by atoms with Crippen LogP contribution in [0.4, 0.5) is 8.78 Å². The monoisotopic (exact) mass is 209 g/mol. The molecule has 1 rings (SSSR count). The Bertz CT molecular complexity index is 377. The van der Waals surface area contributed by atoms with Crippen molar-refractivity contribution >= 4 is 0 Å². The highest BCUT2D eigenvalue weighted by Gasteiger charge is 2.01. The smallest absolute Gasteiger partial charge is 0.159 e. The Morgan fingerprint density at radius 2 is 2.07 bits per heavy atom. The molecule has 0 saturated carbocycles. The summed E-state index contributed by atoms with van der Waals surface area (Å²) in [6, 6.07) is 3.91. The number of hydrogen-bond donors (Lipinski definition) is 1. The zero-order valence-corrected chi connectivity index (χ0v) is 8.61. The van der Waals surface area contributed by atoms with Crippen molar-refractivity contribution < 1.29 is 8.78 Å². The summed E-state index contributed by atoms with van der Waals surface area (Å²) in [5.74, 6) is 4.08. The highest BCUT2D eigenvalue weighted by atomic mass is 19.2. The molecule has 0 saturated heterocycles. The van der Waals surface area contributed by atoms with Gasteiger partial charge in [0.05, 0.1) is 0 Å². The molecule has 0 aromatic heterocycles. The van der Waals surface area contributed by atoms with Crippen molar-refractivity contribution in [2.45, 2.75) is 19.9 Å². The lowest BCUT2D eigenvalue weighted by atomic mass is 10.2. The molecule has 0 heterocycles. The van der Waals surface area contributed by atoms with E-state index < -0.39 is 11.6 Å². The molecule has 15 heavy (non-hydrogen) atoms. The highest BCUT2D eigenvalue weighted by Crippen LogP contribution is 2.08. The first-order valence-corrected chi connectivity index (χ1v) is 4.78. The maximum Gasteiger partial charge on any atom is 0.159 e. The quantitative estimate of drug-likeness (QED) is 0.593. The van der Waals surface area contributed by atoms with Crippen molar-refractivity contribution in [1.29, 1.82) is 0 Å². The van der Waals surface area contributed by atoms with E-state index in [-0.39, 0.29) is 0 Å². The molecule has 0 fully saturated rings.